The normalized spacial score (nSPS) is 14.0. The van der Waals surface area contributed by atoms with Crippen LogP contribution in [0.5, 0.6) is 5.75 Å². The highest BCUT2D eigenvalue weighted by Gasteiger charge is 2.32. The molecule has 19 heteroatoms. The molecule has 256 valence electrons. The number of carboxylic acids is 1. The predicted octanol–water partition coefficient (Wildman–Crippen LogP) is -4.04. The number of aliphatic carboxylic acids is 1. The number of nitrogens with two attached hydrogens (primary N) is 4. The van der Waals surface area contributed by atoms with Crippen molar-refractivity contribution in [2.45, 2.75) is 62.3 Å². The number of nitrogens with one attached hydrogen (secondary N) is 4. The second-order valence-electron chi connectivity index (χ2n) is 10.1. The van der Waals surface area contributed by atoms with E-state index < -0.39 is 78.7 Å². The van der Waals surface area contributed by atoms with Gasteiger partial charge in [0.1, 0.15) is 29.9 Å². The molecule has 0 radical (unpaired) electrons. The first-order chi connectivity index (χ1) is 21.7. The van der Waals surface area contributed by atoms with Crippen LogP contribution in [0.4, 0.5) is 0 Å². The van der Waals surface area contributed by atoms with Crippen LogP contribution in [0.15, 0.2) is 29.3 Å². The van der Waals surface area contributed by atoms with Crippen molar-refractivity contribution in [1.29, 1.82) is 0 Å². The summed E-state index contributed by atoms with van der Waals surface area (Å²) in [6.07, 6.45) is 1.54. The fourth-order valence-corrected chi connectivity index (χ4v) is 4.39. The van der Waals surface area contributed by atoms with Crippen molar-refractivity contribution in [1.82, 2.24) is 21.3 Å². The highest BCUT2D eigenvalue weighted by atomic mass is 32.2. The van der Waals surface area contributed by atoms with Crippen LogP contribution in [-0.2, 0) is 35.2 Å². The van der Waals surface area contributed by atoms with E-state index in [-0.39, 0.29) is 37.5 Å². The number of phenols is 1. The number of guanidine groups is 1. The number of phenolic OH excluding ortho intramolecular Hbond substituents is 1. The van der Waals surface area contributed by atoms with Crippen molar-refractivity contribution in [3.63, 3.8) is 0 Å². The number of aliphatic hydroxyl groups is 1. The number of aliphatic hydroxyl groups excluding tert-OH is 1. The maximum Gasteiger partial charge on any atom is 0.326 e. The van der Waals surface area contributed by atoms with Crippen molar-refractivity contribution in [3.05, 3.63) is 29.8 Å². The average molecular weight is 670 g/mol. The molecular formula is C27H43N9O9S. The Balaban J connectivity index is 3.09. The number of hydrogen-bond donors (Lipinski definition) is 11. The third kappa shape index (κ3) is 14.9. The number of nitrogens with zero attached hydrogens (tertiary/aromatic N) is 1. The number of benzene rings is 1. The Morgan fingerprint density at radius 3 is 1.91 bits per heavy atom. The summed E-state index contributed by atoms with van der Waals surface area (Å²) in [6.45, 7) is -0.676. The number of primary amides is 1. The van der Waals surface area contributed by atoms with Crippen molar-refractivity contribution < 1.29 is 44.1 Å². The van der Waals surface area contributed by atoms with Gasteiger partial charge in [-0.2, -0.15) is 11.8 Å². The van der Waals surface area contributed by atoms with Gasteiger partial charge in [-0.25, -0.2) is 4.79 Å². The van der Waals surface area contributed by atoms with Crippen LogP contribution in [0.3, 0.4) is 0 Å². The van der Waals surface area contributed by atoms with E-state index in [1.165, 1.54) is 36.0 Å². The minimum atomic E-state index is -1.64. The van der Waals surface area contributed by atoms with E-state index in [1.54, 1.807) is 6.26 Å². The van der Waals surface area contributed by atoms with Gasteiger partial charge in [0.05, 0.1) is 19.1 Å². The molecule has 0 fully saturated rings. The van der Waals surface area contributed by atoms with E-state index in [0.29, 0.717) is 17.7 Å². The van der Waals surface area contributed by atoms with Gasteiger partial charge in [-0.15, -0.1) is 0 Å². The number of aromatic hydroxyl groups is 1. The van der Waals surface area contributed by atoms with E-state index in [0.717, 1.165) is 0 Å². The monoisotopic (exact) mass is 669 g/mol. The second kappa shape index (κ2) is 20.4. The molecule has 1 aromatic rings. The van der Waals surface area contributed by atoms with Crippen molar-refractivity contribution in [3.8, 4) is 5.75 Å². The Labute approximate surface area is 269 Å². The van der Waals surface area contributed by atoms with Gasteiger partial charge in [-0.1, -0.05) is 12.1 Å². The molecule has 0 spiro atoms. The average Bonchev–Trinajstić information content (AvgIpc) is 2.99. The fraction of sp³-hybridized carbons (Fsp3) is 0.519. The molecule has 15 N–H and O–H groups in total. The molecule has 0 saturated carbocycles. The van der Waals surface area contributed by atoms with E-state index in [1.807, 2.05) is 0 Å². The van der Waals surface area contributed by atoms with E-state index >= 15 is 0 Å². The van der Waals surface area contributed by atoms with Gasteiger partial charge >= 0.3 is 5.97 Å². The molecule has 46 heavy (non-hydrogen) atoms. The largest absolute Gasteiger partial charge is 0.508 e. The Morgan fingerprint density at radius 1 is 0.826 bits per heavy atom. The first kappa shape index (κ1) is 39.4. The van der Waals surface area contributed by atoms with Crippen molar-refractivity contribution in [2.24, 2.45) is 27.9 Å². The van der Waals surface area contributed by atoms with Crippen LogP contribution in [0, 0.1) is 0 Å². The molecule has 0 heterocycles. The van der Waals surface area contributed by atoms with Crippen LogP contribution in [0.1, 0.15) is 31.2 Å². The third-order valence-corrected chi connectivity index (χ3v) is 7.04. The number of aliphatic imine (C=N–C) groups is 1. The SMILES string of the molecule is CSCC[C@H](NC(=O)[C@H](CO)NC(=O)[C@H](Cc1ccc(O)cc1)NC(=O)[C@@H](N)CCCN=C(N)N)C(=O)N[C@@H](CC(N)=O)C(=O)O. The summed E-state index contributed by atoms with van der Waals surface area (Å²) in [7, 11) is 0. The number of rotatable bonds is 21. The Bertz CT molecular complexity index is 1230. The van der Waals surface area contributed by atoms with Crippen molar-refractivity contribution >= 4 is 53.2 Å². The molecule has 5 atom stereocenters. The van der Waals surface area contributed by atoms with E-state index in [4.69, 9.17) is 22.9 Å². The van der Waals surface area contributed by atoms with E-state index in [9.17, 15) is 44.1 Å². The molecular weight excluding hydrogens is 626 g/mol. The molecule has 0 unspecified atom stereocenters. The molecule has 1 rings (SSSR count). The molecule has 1 aromatic carbocycles. The number of thioether (sulfide) groups is 1. The first-order valence-corrected chi connectivity index (χ1v) is 15.5. The maximum atomic E-state index is 13.4. The first-order valence-electron chi connectivity index (χ1n) is 14.1. The lowest BCUT2D eigenvalue weighted by atomic mass is 10.0. The Hall–Kier alpha value is -4.62. The zero-order chi connectivity index (χ0) is 34.8. The van der Waals surface area contributed by atoms with Crippen molar-refractivity contribution in [2.75, 3.05) is 25.2 Å². The third-order valence-electron chi connectivity index (χ3n) is 6.39. The Kier molecular flexibility index (Phi) is 17.5. The summed E-state index contributed by atoms with van der Waals surface area (Å²) in [5.74, 6) is -5.75. The number of carboxylic acid groups (broad SMARTS) is 1. The lowest BCUT2D eigenvalue weighted by Gasteiger charge is -2.25. The quantitative estimate of drug-likeness (QED) is 0.0338. The molecule has 0 aromatic heterocycles. The minimum Gasteiger partial charge on any atom is -0.508 e. The van der Waals surface area contributed by atoms with Crippen LogP contribution in [0.25, 0.3) is 0 Å². The molecule has 18 nitrogen and oxygen atoms in total. The molecule has 0 aliphatic heterocycles. The van der Waals surface area contributed by atoms with Gasteiger partial charge in [-0.3, -0.25) is 29.0 Å². The van der Waals surface area contributed by atoms with Gasteiger partial charge < -0.3 is 59.5 Å². The van der Waals surface area contributed by atoms with Crippen LogP contribution >= 0.6 is 11.8 Å². The van der Waals surface area contributed by atoms with Gasteiger partial charge in [0.15, 0.2) is 5.96 Å². The number of carbonyl (C=O) groups is 6. The number of carbonyl (C=O) groups excluding carboxylic acids is 5. The number of amides is 5. The predicted molar refractivity (Wildman–Crippen MR) is 169 cm³/mol. The minimum absolute atomic E-state index is 0.0297. The second-order valence-corrected chi connectivity index (χ2v) is 11.1. The highest BCUT2D eigenvalue weighted by molar-refractivity contribution is 7.98. The zero-order valence-electron chi connectivity index (χ0n) is 25.3. The molecule has 0 bridgehead atoms. The molecule has 0 saturated heterocycles. The van der Waals surface area contributed by atoms with Gasteiger partial charge in [0.25, 0.3) is 0 Å². The topological polar surface area (TPSA) is 328 Å². The highest BCUT2D eigenvalue weighted by Crippen LogP contribution is 2.12. The van der Waals surface area contributed by atoms with E-state index in [2.05, 4.69) is 26.3 Å². The smallest absolute Gasteiger partial charge is 0.326 e. The summed E-state index contributed by atoms with van der Waals surface area (Å²) in [5.41, 5.74) is 22.1. The molecule has 5 amide bonds. The fourth-order valence-electron chi connectivity index (χ4n) is 3.92. The van der Waals surface area contributed by atoms with Gasteiger partial charge in [0, 0.05) is 13.0 Å². The maximum absolute atomic E-state index is 13.4. The van der Waals surface area contributed by atoms with Crippen LogP contribution < -0.4 is 44.2 Å². The molecule has 0 aliphatic carbocycles. The molecule has 0 aliphatic rings. The Morgan fingerprint density at radius 2 is 1.37 bits per heavy atom. The summed E-state index contributed by atoms with van der Waals surface area (Å²) < 4.78 is 0. The van der Waals surface area contributed by atoms with Gasteiger partial charge in [0.2, 0.25) is 29.5 Å². The van der Waals surface area contributed by atoms with Gasteiger partial charge in [-0.05, 0) is 49.0 Å². The summed E-state index contributed by atoms with van der Waals surface area (Å²) in [6, 6.07) is -1.07. The standard InChI is InChI=1S/C27H43N9O9S/c1-46-10-8-17(23(41)35-19(26(44)45)12-21(29)39)33-25(43)20(13-37)36-24(42)18(11-14-4-6-15(38)7-5-14)34-22(40)16(28)3-2-9-32-27(30)31/h4-7,16-20,37-38H,2-3,8-13,28H2,1H3,(H2,29,39)(H,33,43)(H,34,40)(H,35,41)(H,36,42)(H,44,45)(H4,30,31,32)/t16-,17-,18-,19-,20-/m0/s1. The zero-order valence-corrected chi connectivity index (χ0v) is 26.1. The summed E-state index contributed by atoms with van der Waals surface area (Å²) in [5, 5.41) is 38.3. The lowest BCUT2D eigenvalue weighted by Crippen LogP contribution is -2.59. The van der Waals surface area contributed by atoms with Crippen LogP contribution in [0.2, 0.25) is 0 Å². The van der Waals surface area contributed by atoms with Crippen LogP contribution in [-0.4, -0.2) is 112 Å². The number of hydrogen-bond acceptors (Lipinski definition) is 11. The summed E-state index contributed by atoms with van der Waals surface area (Å²) >= 11 is 1.33. The lowest BCUT2D eigenvalue weighted by molar-refractivity contribution is -0.143. The summed E-state index contributed by atoms with van der Waals surface area (Å²) in [4.78, 5) is 78.7.